The lowest BCUT2D eigenvalue weighted by Gasteiger charge is -2.22. The Morgan fingerprint density at radius 1 is 1.29 bits per heavy atom. The molecule has 1 aromatic rings. The van der Waals surface area contributed by atoms with Crippen molar-refractivity contribution in [3.05, 3.63) is 29.8 Å². The monoisotopic (exact) mass is 289 g/mol. The predicted molar refractivity (Wildman–Crippen MR) is 80.9 cm³/mol. The van der Waals surface area contributed by atoms with Gasteiger partial charge in [0.1, 0.15) is 12.4 Å². The number of nitrogens with zero attached hydrogens (tertiary/aromatic N) is 1. The number of ether oxygens (including phenoxy) is 1. The molecular formula is C16H23N3O2. The minimum Gasteiger partial charge on any atom is -0.491 e. The molecule has 1 amide bonds. The molecule has 0 spiro atoms. The second-order valence-corrected chi connectivity index (χ2v) is 5.99. The first kappa shape index (κ1) is 14.4. The molecule has 0 bridgehead atoms. The highest BCUT2D eigenvalue weighted by Gasteiger charge is 2.33. The van der Waals surface area contributed by atoms with E-state index < -0.39 is 0 Å². The minimum absolute atomic E-state index is 0.317. The van der Waals surface area contributed by atoms with E-state index in [1.807, 2.05) is 12.1 Å². The van der Waals surface area contributed by atoms with Crippen LogP contribution in [-0.4, -0.2) is 36.5 Å². The lowest BCUT2D eigenvalue weighted by molar-refractivity contribution is 0.0948. The van der Waals surface area contributed by atoms with Gasteiger partial charge < -0.3 is 4.74 Å². The maximum atomic E-state index is 11.7. The number of hydrogen-bond acceptors (Lipinski definition) is 4. The SMILES string of the molecule is NNC(=O)c1ccccc1OCCN(CC1CC1)C1CC1. The number of amides is 1. The third-order valence-electron chi connectivity index (χ3n) is 4.15. The average molecular weight is 289 g/mol. The van der Waals surface area contributed by atoms with E-state index in [9.17, 15) is 4.79 Å². The second kappa shape index (κ2) is 6.45. The van der Waals surface area contributed by atoms with Gasteiger partial charge in [-0.15, -0.1) is 0 Å². The fraction of sp³-hybridized carbons (Fsp3) is 0.562. The zero-order chi connectivity index (χ0) is 14.7. The number of para-hydroxylation sites is 1. The predicted octanol–water partition coefficient (Wildman–Crippen LogP) is 1.54. The third-order valence-corrected chi connectivity index (χ3v) is 4.15. The molecule has 0 aliphatic heterocycles. The van der Waals surface area contributed by atoms with E-state index in [-0.39, 0.29) is 5.91 Å². The fourth-order valence-corrected chi connectivity index (χ4v) is 2.63. The van der Waals surface area contributed by atoms with Gasteiger partial charge in [0.25, 0.3) is 5.91 Å². The van der Waals surface area contributed by atoms with E-state index in [1.165, 1.54) is 32.2 Å². The topological polar surface area (TPSA) is 67.6 Å². The van der Waals surface area contributed by atoms with Crippen LogP contribution in [-0.2, 0) is 0 Å². The van der Waals surface area contributed by atoms with Crippen LogP contribution in [0, 0.1) is 5.92 Å². The van der Waals surface area contributed by atoms with Crippen molar-refractivity contribution in [3.63, 3.8) is 0 Å². The Morgan fingerprint density at radius 2 is 2.05 bits per heavy atom. The van der Waals surface area contributed by atoms with Crippen molar-refractivity contribution in [3.8, 4) is 5.75 Å². The van der Waals surface area contributed by atoms with Crippen LogP contribution in [0.3, 0.4) is 0 Å². The molecule has 2 fully saturated rings. The van der Waals surface area contributed by atoms with Gasteiger partial charge in [-0.1, -0.05) is 12.1 Å². The first-order chi connectivity index (χ1) is 10.3. The molecule has 1 aromatic carbocycles. The quantitative estimate of drug-likeness (QED) is 0.433. The first-order valence-corrected chi connectivity index (χ1v) is 7.74. The Bertz CT molecular complexity index is 498. The molecule has 3 rings (SSSR count). The van der Waals surface area contributed by atoms with Crippen LogP contribution < -0.4 is 16.0 Å². The summed E-state index contributed by atoms with van der Waals surface area (Å²) < 4.78 is 5.81. The molecule has 2 aliphatic rings. The van der Waals surface area contributed by atoms with E-state index in [4.69, 9.17) is 10.6 Å². The van der Waals surface area contributed by atoms with Gasteiger partial charge in [-0.25, -0.2) is 5.84 Å². The first-order valence-electron chi connectivity index (χ1n) is 7.74. The molecule has 5 heteroatoms. The highest BCUT2D eigenvalue weighted by molar-refractivity contribution is 5.96. The van der Waals surface area contributed by atoms with E-state index in [2.05, 4.69) is 10.3 Å². The second-order valence-electron chi connectivity index (χ2n) is 5.99. The molecule has 0 aromatic heterocycles. The molecule has 2 aliphatic carbocycles. The summed E-state index contributed by atoms with van der Waals surface area (Å²) in [5, 5.41) is 0. The van der Waals surface area contributed by atoms with Crippen molar-refractivity contribution >= 4 is 5.91 Å². The molecular weight excluding hydrogens is 266 g/mol. The molecule has 0 unspecified atom stereocenters. The van der Waals surface area contributed by atoms with Crippen molar-refractivity contribution in [1.82, 2.24) is 10.3 Å². The minimum atomic E-state index is -0.317. The summed E-state index contributed by atoms with van der Waals surface area (Å²) in [5.74, 6) is 6.38. The molecule has 3 N–H and O–H groups in total. The van der Waals surface area contributed by atoms with Crippen LogP contribution in [0.25, 0.3) is 0 Å². The summed E-state index contributed by atoms with van der Waals surface area (Å²) in [5.41, 5.74) is 2.64. The van der Waals surface area contributed by atoms with Crippen molar-refractivity contribution in [1.29, 1.82) is 0 Å². The highest BCUT2D eigenvalue weighted by atomic mass is 16.5. The van der Waals surface area contributed by atoms with E-state index in [0.717, 1.165) is 18.5 Å². The number of hydrazine groups is 1. The van der Waals surface area contributed by atoms with Crippen molar-refractivity contribution in [2.75, 3.05) is 19.7 Å². The van der Waals surface area contributed by atoms with Crippen LogP contribution >= 0.6 is 0 Å². The normalized spacial score (nSPS) is 17.8. The van der Waals surface area contributed by atoms with Gasteiger partial charge in [-0.05, 0) is 43.7 Å². The van der Waals surface area contributed by atoms with Crippen molar-refractivity contribution in [2.24, 2.45) is 11.8 Å². The van der Waals surface area contributed by atoms with Gasteiger partial charge in [0.15, 0.2) is 0 Å². The molecule has 5 nitrogen and oxygen atoms in total. The third kappa shape index (κ3) is 3.95. The Balaban J connectivity index is 1.53. The van der Waals surface area contributed by atoms with Gasteiger partial charge >= 0.3 is 0 Å². The molecule has 114 valence electrons. The molecule has 0 saturated heterocycles. The number of benzene rings is 1. The summed E-state index contributed by atoms with van der Waals surface area (Å²) in [7, 11) is 0. The number of carbonyl (C=O) groups is 1. The van der Waals surface area contributed by atoms with Crippen LogP contribution in [0.5, 0.6) is 5.75 Å². The Labute approximate surface area is 125 Å². The summed E-state index contributed by atoms with van der Waals surface area (Å²) in [6.07, 6.45) is 5.39. The van der Waals surface area contributed by atoms with Gasteiger partial charge in [0.05, 0.1) is 5.56 Å². The number of carbonyl (C=O) groups excluding carboxylic acids is 1. The number of nitrogens with one attached hydrogen (secondary N) is 1. The van der Waals surface area contributed by atoms with Crippen molar-refractivity contribution < 1.29 is 9.53 Å². The van der Waals surface area contributed by atoms with Gasteiger partial charge in [-0.2, -0.15) is 0 Å². The number of nitrogens with two attached hydrogens (primary N) is 1. The lowest BCUT2D eigenvalue weighted by Crippen LogP contribution is -2.33. The molecule has 21 heavy (non-hydrogen) atoms. The molecule has 0 radical (unpaired) electrons. The summed E-state index contributed by atoms with van der Waals surface area (Å²) in [4.78, 5) is 14.2. The fourth-order valence-electron chi connectivity index (χ4n) is 2.63. The summed E-state index contributed by atoms with van der Waals surface area (Å²) in [6, 6.07) is 7.97. The van der Waals surface area contributed by atoms with E-state index in [0.29, 0.717) is 17.9 Å². The maximum Gasteiger partial charge on any atom is 0.268 e. The lowest BCUT2D eigenvalue weighted by atomic mass is 10.2. The van der Waals surface area contributed by atoms with Crippen molar-refractivity contribution in [2.45, 2.75) is 31.7 Å². The molecule has 2 saturated carbocycles. The number of nitrogen functional groups attached to an aromatic ring is 1. The average Bonchev–Trinajstić information content (AvgIpc) is 3.38. The van der Waals surface area contributed by atoms with Crippen LogP contribution in [0.4, 0.5) is 0 Å². The maximum absolute atomic E-state index is 11.7. The van der Waals surface area contributed by atoms with Gasteiger partial charge in [-0.3, -0.25) is 15.1 Å². The number of hydrogen-bond donors (Lipinski definition) is 2. The van der Waals surface area contributed by atoms with Gasteiger partial charge in [0, 0.05) is 19.1 Å². The number of rotatable bonds is 8. The zero-order valence-corrected chi connectivity index (χ0v) is 12.3. The Kier molecular flexibility index (Phi) is 4.41. The zero-order valence-electron chi connectivity index (χ0n) is 12.3. The largest absolute Gasteiger partial charge is 0.491 e. The van der Waals surface area contributed by atoms with Gasteiger partial charge in [0.2, 0.25) is 0 Å². The molecule has 0 heterocycles. The standard InChI is InChI=1S/C16H23N3O2/c17-18-16(20)14-3-1-2-4-15(14)21-10-9-19(13-7-8-13)11-12-5-6-12/h1-4,12-13H,5-11,17H2,(H,18,20). The van der Waals surface area contributed by atoms with Crippen LogP contribution in [0.2, 0.25) is 0 Å². The summed E-state index contributed by atoms with van der Waals surface area (Å²) >= 11 is 0. The van der Waals surface area contributed by atoms with Crippen LogP contribution in [0.15, 0.2) is 24.3 Å². The van der Waals surface area contributed by atoms with E-state index in [1.54, 1.807) is 12.1 Å². The van der Waals surface area contributed by atoms with E-state index >= 15 is 0 Å². The summed E-state index contributed by atoms with van der Waals surface area (Å²) in [6.45, 7) is 2.75. The highest BCUT2D eigenvalue weighted by Crippen LogP contribution is 2.34. The van der Waals surface area contributed by atoms with Crippen LogP contribution in [0.1, 0.15) is 36.0 Å². The Morgan fingerprint density at radius 3 is 2.71 bits per heavy atom. The smallest absolute Gasteiger partial charge is 0.268 e. The molecule has 0 atom stereocenters. The Hall–Kier alpha value is -1.59.